The van der Waals surface area contributed by atoms with E-state index in [0.29, 0.717) is 30.5 Å². The Morgan fingerprint density at radius 1 is 1.13 bits per heavy atom. The first-order valence-electron chi connectivity index (χ1n) is 7.29. The minimum atomic E-state index is -4.35. The van der Waals surface area contributed by atoms with Gasteiger partial charge in [0.15, 0.2) is 17.5 Å². The first-order valence-corrected chi connectivity index (χ1v) is 7.29. The van der Waals surface area contributed by atoms with Crippen LogP contribution in [0.3, 0.4) is 0 Å². The van der Waals surface area contributed by atoms with Crippen molar-refractivity contribution in [3.8, 4) is 11.5 Å². The van der Waals surface area contributed by atoms with Gasteiger partial charge in [-0.1, -0.05) is 6.07 Å². The second-order valence-corrected chi connectivity index (χ2v) is 5.55. The molecule has 2 aliphatic heterocycles. The SMILES string of the molecule is FC(F)(F)[C@H]1C[C@H](c2ccc3c(c2)OCCO3)Nc2ccnn21. The summed E-state index contributed by atoms with van der Waals surface area (Å²) in [5.41, 5.74) is 0.732. The van der Waals surface area contributed by atoms with Crippen LogP contribution in [0.25, 0.3) is 0 Å². The van der Waals surface area contributed by atoms with Crippen molar-refractivity contribution in [2.45, 2.75) is 24.7 Å². The molecular weight excluding hydrogens is 311 g/mol. The third-order valence-electron chi connectivity index (χ3n) is 4.09. The van der Waals surface area contributed by atoms with Gasteiger partial charge in [-0.2, -0.15) is 18.3 Å². The van der Waals surface area contributed by atoms with E-state index in [2.05, 4.69) is 10.4 Å². The molecular formula is C15H14F3N3O2. The summed E-state index contributed by atoms with van der Waals surface area (Å²) in [4.78, 5) is 0. The highest BCUT2D eigenvalue weighted by Crippen LogP contribution is 2.44. The number of nitrogens with one attached hydrogen (secondary N) is 1. The van der Waals surface area contributed by atoms with Gasteiger partial charge in [0.25, 0.3) is 0 Å². The van der Waals surface area contributed by atoms with E-state index in [-0.39, 0.29) is 6.42 Å². The molecule has 0 bridgehead atoms. The van der Waals surface area contributed by atoms with Gasteiger partial charge in [-0.3, -0.25) is 0 Å². The van der Waals surface area contributed by atoms with E-state index in [1.54, 1.807) is 24.3 Å². The molecule has 122 valence electrons. The summed E-state index contributed by atoms with van der Waals surface area (Å²) in [7, 11) is 0. The van der Waals surface area contributed by atoms with E-state index >= 15 is 0 Å². The van der Waals surface area contributed by atoms with Crippen molar-refractivity contribution in [3.05, 3.63) is 36.0 Å². The zero-order valence-electron chi connectivity index (χ0n) is 12.0. The maximum atomic E-state index is 13.3. The highest BCUT2D eigenvalue weighted by Gasteiger charge is 2.46. The van der Waals surface area contributed by atoms with Gasteiger partial charge in [0, 0.05) is 12.5 Å². The van der Waals surface area contributed by atoms with Gasteiger partial charge in [0.1, 0.15) is 19.0 Å². The highest BCUT2D eigenvalue weighted by molar-refractivity contribution is 5.48. The molecule has 0 saturated heterocycles. The average Bonchev–Trinajstić information content (AvgIpc) is 3.00. The topological polar surface area (TPSA) is 48.3 Å². The van der Waals surface area contributed by atoms with E-state index in [4.69, 9.17) is 9.47 Å². The zero-order chi connectivity index (χ0) is 16.0. The summed E-state index contributed by atoms with van der Waals surface area (Å²) in [5.74, 6) is 1.55. The first-order chi connectivity index (χ1) is 11.0. The van der Waals surface area contributed by atoms with Crippen LogP contribution in [0, 0.1) is 0 Å². The van der Waals surface area contributed by atoms with Gasteiger partial charge < -0.3 is 14.8 Å². The number of fused-ring (bicyclic) bond motifs is 2. The molecule has 0 spiro atoms. The van der Waals surface area contributed by atoms with Crippen LogP contribution in [0.15, 0.2) is 30.5 Å². The van der Waals surface area contributed by atoms with E-state index in [1.807, 2.05) is 0 Å². The number of rotatable bonds is 1. The fraction of sp³-hybridized carbons (Fsp3) is 0.400. The summed E-state index contributed by atoms with van der Waals surface area (Å²) in [6.45, 7) is 0.913. The number of anilines is 1. The Labute approximate surface area is 130 Å². The maximum absolute atomic E-state index is 13.3. The van der Waals surface area contributed by atoms with Crippen LogP contribution in [0.2, 0.25) is 0 Å². The molecule has 0 radical (unpaired) electrons. The fourth-order valence-electron chi connectivity index (χ4n) is 3.01. The average molecular weight is 325 g/mol. The number of ether oxygens (including phenoxy) is 2. The summed E-state index contributed by atoms with van der Waals surface area (Å²) >= 11 is 0. The maximum Gasteiger partial charge on any atom is 0.410 e. The Bertz CT molecular complexity index is 729. The van der Waals surface area contributed by atoms with Gasteiger partial charge in [0.05, 0.1) is 12.2 Å². The van der Waals surface area contributed by atoms with Crippen LogP contribution >= 0.6 is 0 Å². The van der Waals surface area contributed by atoms with Gasteiger partial charge in [-0.05, 0) is 17.7 Å². The lowest BCUT2D eigenvalue weighted by Gasteiger charge is -2.34. The van der Waals surface area contributed by atoms with Crippen molar-refractivity contribution >= 4 is 5.82 Å². The Morgan fingerprint density at radius 3 is 2.70 bits per heavy atom. The van der Waals surface area contributed by atoms with Crippen LogP contribution in [0.1, 0.15) is 24.1 Å². The van der Waals surface area contributed by atoms with Crippen molar-refractivity contribution in [3.63, 3.8) is 0 Å². The van der Waals surface area contributed by atoms with Crippen molar-refractivity contribution in [2.24, 2.45) is 0 Å². The van der Waals surface area contributed by atoms with Gasteiger partial charge in [0.2, 0.25) is 0 Å². The molecule has 3 heterocycles. The van der Waals surface area contributed by atoms with Crippen molar-refractivity contribution in [1.29, 1.82) is 0 Å². The predicted molar refractivity (Wildman–Crippen MR) is 75.7 cm³/mol. The summed E-state index contributed by atoms with van der Waals surface area (Å²) in [6, 6.07) is 4.67. The van der Waals surface area contributed by atoms with Crippen LogP contribution in [0.5, 0.6) is 11.5 Å². The molecule has 1 aromatic heterocycles. The number of halogens is 3. The fourth-order valence-corrected chi connectivity index (χ4v) is 3.01. The number of aromatic nitrogens is 2. The molecule has 23 heavy (non-hydrogen) atoms. The van der Waals surface area contributed by atoms with Crippen LogP contribution in [-0.4, -0.2) is 29.2 Å². The molecule has 1 N–H and O–H groups in total. The van der Waals surface area contributed by atoms with Crippen LogP contribution in [-0.2, 0) is 0 Å². The van der Waals surface area contributed by atoms with E-state index in [1.165, 1.54) is 6.20 Å². The molecule has 0 fully saturated rings. The lowest BCUT2D eigenvalue weighted by atomic mass is 9.96. The Balaban J connectivity index is 1.68. The molecule has 4 rings (SSSR count). The normalized spacial score (nSPS) is 23.1. The quantitative estimate of drug-likeness (QED) is 0.874. The van der Waals surface area contributed by atoms with E-state index in [9.17, 15) is 13.2 Å². The van der Waals surface area contributed by atoms with Crippen LogP contribution in [0.4, 0.5) is 19.0 Å². The molecule has 5 nitrogen and oxygen atoms in total. The van der Waals surface area contributed by atoms with E-state index in [0.717, 1.165) is 10.2 Å². The molecule has 0 aliphatic carbocycles. The second kappa shape index (κ2) is 5.07. The third-order valence-corrected chi connectivity index (χ3v) is 4.09. The molecule has 2 atom stereocenters. The lowest BCUT2D eigenvalue weighted by Crippen LogP contribution is -2.35. The lowest BCUT2D eigenvalue weighted by molar-refractivity contribution is -0.173. The van der Waals surface area contributed by atoms with Crippen molar-refractivity contribution < 1.29 is 22.6 Å². The Morgan fingerprint density at radius 2 is 1.91 bits per heavy atom. The minimum Gasteiger partial charge on any atom is -0.486 e. The number of hydrogen-bond donors (Lipinski definition) is 1. The van der Waals surface area contributed by atoms with Crippen LogP contribution < -0.4 is 14.8 Å². The summed E-state index contributed by atoms with van der Waals surface area (Å²) in [5, 5.41) is 6.90. The molecule has 0 amide bonds. The number of nitrogens with zero attached hydrogens (tertiary/aromatic N) is 2. The first kappa shape index (κ1) is 14.2. The number of alkyl halides is 3. The standard InChI is InChI=1S/C15H14F3N3O2/c16-15(17,18)13-8-10(20-14-3-4-19-21(13)14)9-1-2-11-12(7-9)23-6-5-22-11/h1-4,7,10,13,20H,5-6,8H2/t10-,13-/m1/s1. The molecule has 8 heteroatoms. The zero-order valence-corrected chi connectivity index (χ0v) is 12.0. The Hall–Kier alpha value is -2.38. The van der Waals surface area contributed by atoms with Crippen molar-refractivity contribution in [2.75, 3.05) is 18.5 Å². The highest BCUT2D eigenvalue weighted by atomic mass is 19.4. The second-order valence-electron chi connectivity index (χ2n) is 5.55. The Kier molecular flexibility index (Phi) is 3.14. The minimum absolute atomic E-state index is 0.127. The predicted octanol–water partition coefficient (Wildman–Crippen LogP) is 3.31. The monoisotopic (exact) mass is 325 g/mol. The van der Waals surface area contributed by atoms with Crippen molar-refractivity contribution in [1.82, 2.24) is 9.78 Å². The van der Waals surface area contributed by atoms with Gasteiger partial charge >= 0.3 is 6.18 Å². The van der Waals surface area contributed by atoms with Gasteiger partial charge in [-0.25, -0.2) is 4.68 Å². The summed E-state index contributed by atoms with van der Waals surface area (Å²) < 4.78 is 51.9. The molecule has 1 aromatic carbocycles. The third kappa shape index (κ3) is 2.47. The molecule has 2 aromatic rings. The smallest absolute Gasteiger partial charge is 0.410 e. The molecule has 0 saturated carbocycles. The van der Waals surface area contributed by atoms with E-state index < -0.39 is 18.3 Å². The summed E-state index contributed by atoms with van der Waals surface area (Å²) in [6.07, 6.45) is -3.11. The molecule has 2 aliphatic rings. The number of benzene rings is 1. The molecule has 0 unspecified atom stereocenters. The van der Waals surface area contributed by atoms with Gasteiger partial charge in [-0.15, -0.1) is 0 Å². The largest absolute Gasteiger partial charge is 0.486 e. The number of hydrogen-bond acceptors (Lipinski definition) is 4.